The fraction of sp³-hybridized carbons (Fsp3) is 0.305. The predicted octanol–water partition coefficient (Wildman–Crippen LogP) is 8.78. The molecule has 396 valence electrons. The highest BCUT2D eigenvalue weighted by Gasteiger charge is 2.55. The Hall–Kier alpha value is -7.22. The average molecular weight is 1060 g/mol. The van der Waals surface area contributed by atoms with Crippen molar-refractivity contribution in [3.63, 3.8) is 0 Å². The minimum absolute atomic E-state index is 0.0151. The Labute approximate surface area is 444 Å². The van der Waals surface area contributed by atoms with Crippen molar-refractivity contribution in [1.29, 1.82) is 0 Å². The Bertz CT molecular complexity index is 2780. The zero-order valence-corrected chi connectivity index (χ0v) is 42.8. The number of carbonyl (C=O) groups excluding carboxylic acids is 5. The van der Waals surface area contributed by atoms with Gasteiger partial charge >= 0.3 is 29.8 Å². The van der Waals surface area contributed by atoms with Crippen LogP contribution in [0.15, 0.2) is 187 Å². The van der Waals surface area contributed by atoms with Crippen LogP contribution in [0.25, 0.3) is 0 Å². The fourth-order valence-electron chi connectivity index (χ4n) is 8.63. The van der Waals surface area contributed by atoms with E-state index in [0.717, 1.165) is 16.0 Å². The maximum atomic E-state index is 14.2. The Morgan fingerprint density at radius 2 is 0.934 bits per heavy atom. The first-order valence-corrected chi connectivity index (χ1v) is 25.6. The summed E-state index contributed by atoms with van der Waals surface area (Å²) in [7, 11) is 1.31. The van der Waals surface area contributed by atoms with Crippen LogP contribution < -0.4 is 0 Å². The molecule has 0 saturated carbocycles. The second-order valence-corrected chi connectivity index (χ2v) is 18.7. The molecule has 0 unspecified atom stereocenters. The lowest BCUT2D eigenvalue weighted by atomic mass is 9.96. The third-order valence-corrected chi connectivity index (χ3v) is 13.3. The van der Waals surface area contributed by atoms with Crippen molar-refractivity contribution in [1.82, 2.24) is 0 Å². The van der Waals surface area contributed by atoms with E-state index in [4.69, 9.17) is 52.1 Å². The summed E-state index contributed by atoms with van der Waals surface area (Å²) in [5, 5.41) is 0. The van der Waals surface area contributed by atoms with Gasteiger partial charge in [-0.1, -0.05) is 133 Å². The Morgan fingerprint density at radius 3 is 1.46 bits per heavy atom. The second-order valence-electron chi connectivity index (χ2n) is 17.6. The van der Waals surface area contributed by atoms with Crippen LogP contribution in [0.3, 0.4) is 0 Å². The topological polar surface area (TPSA) is 187 Å². The molecule has 0 amide bonds. The van der Waals surface area contributed by atoms with Gasteiger partial charge in [0.05, 0.1) is 36.0 Å². The number of thioether (sulfide) groups is 1. The average Bonchev–Trinajstić information content (AvgIpc) is 3.49. The van der Waals surface area contributed by atoms with Gasteiger partial charge in [0.25, 0.3) is 0 Å². The van der Waals surface area contributed by atoms with E-state index in [1.54, 1.807) is 103 Å². The molecular formula is C59H58O16S. The normalized spacial score (nSPS) is 23.5. The zero-order chi connectivity index (χ0) is 53.2. The molecule has 2 fully saturated rings. The summed E-state index contributed by atoms with van der Waals surface area (Å²) in [6, 6.07) is 53.0. The molecule has 6 aromatic rings. The summed E-state index contributed by atoms with van der Waals surface area (Å²) < 4.78 is 70.0. The van der Waals surface area contributed by atoms with Crippen molar-refractivity contribution >= 4 is 41.6 Å². The number of hydrogen-bond acceptors (Lipinski definition) is 17. The van der Waals surface area contributed by atoms with E-state index in [9.17, 15) is 24.0 Å². The molecule has 17 heteroatoms. The summed E-state index contributed by atoms with van der Waals surface area (Å²) in [5.74, 6) is -3.40. The van der Waals surface area contributed by atoms with Crippen molar-refractivity contribution < 1.29 is 76.1 Å². The first-order chi connectivity index (χ1) is 37.0. The van der Waals surface area contributed by atoms with Gasteiger partial charge < -0.3 is 52.1 Å². The van der Waals surface area contributed by atoms with Crippen LogP contribution in [0.5, 0.6) is 0 Å². The first-order valence-electron chi connectivity index (χ1n) is 24.6. The van der Waals surface area contributed by atoms with Gasteiger partial charge in [0.2, 0.25) is 0 Å². The highest BCUT2D eigenvalue weighted by molar-refractivity contribution is 7.99. The Balaban J connectivity index is 1.20. The molecule has 76 heavy (non-hydrogen) atoms. The molecule has 0 spiro atoms. The third-order valence-electron chi connectivity index (χ3n) is 12.3. The SMILES string of the molecule is CO[C@H]1O[C@H](CO[C@H]2O[C@H](COC(C)=O)[C@@H](OC(C)=O)[C@H](OCc3ccccc3)[C@H]2O[C@H](CSc2ccccc2)c2ccccc2)[C@@H](OC(=O)c2ccccc2)[C@H](OC(=O)c2ccccc2)[C@H]1OC(=O)c1ccccc1. The van der Waals surface area contributed by atoms with Crippen molar-refractivity contribution in [2.75, 3.05) is 26.1 Å². The van der Waals surface area contributed by atoms with Crippen LogP contribution in [-0.2, 0) is 68.3 Å². The molecule has 2 aliphatic heterocycles. The van der Waals surface area contributed by atoms with Gasteiger partial charge in [0.1, 0.15) is 31.0 Å². The molecular weight excluding hydrogens is 997 g/mol. The van der Waals surface area contributed by atoms with Crippen molar-refractivity contribution in [2.45, 2.75) is 92.9 Å². The van der Waals surface area contributed by atoms with Crippen LogP contribution in [0.4, 0.5) is 0 Å². The maximum Gasteiger partial charge on any atom is 0.338 e. The van der Waals surface area contributed by atoms with Gasteiger partial charge in [-0.15, -0.1) is 11.8 Å². The maximum absolute atomic E-state index is 14.2. The van der Waals surface area contributed by atoms with Crippen LogP contribution in [0.1, 0.15) is 62.2 Å². The van der Waals surface area contributed by atoms with Crippen LogP contribution in [0.2, 0.25) is 0 Å². The highest BCUT2D eigenvalue weighted by atomic mass is 32.2. The second kappa shape index (κ2) is 27.5. The standard InChI is InChI=1S/C59H58O16S/c1-38(60)66-35-46-49(69-39(2)61)51(67-34-40-22-10-4-11-23-40)53(70-48(41-24-12-5-13-25-41)37-76-45-32-20-9-21-33-45)59(72-46)68-36-47-50(73-55(62)42-26-14-6-15-27-42)52(74-56(63)43-28-16-7-17-29-43)54(58(65-3)71-47)75-57(64)44-30-18-8-19-31-44/h4-33,46-54,58-59H,34-37H2,1-3H3/t46-,47-,48-,49-,50-,51+,52+,53-,54-,58+,59+/m1/s1. The van der Waals surface area contributed by atoms with Crippen molar-refractivity contribution in [3.05, 3.63) is 210 Å². The molecule has 0 bridgehead atoms. The molecule has 2 aliphatic rings. The van der Waals surface area contributed by atoms with Crippen molar-refractivity contribution in [3.8, 4) is 0 Å². The number of esters is 5. The quantitative estimate of drug-likeness (QED) is 0.0356. The first kappa shape index (κ1) is 55.0. The number of methoxy groups -OCH3 is 1. The summed E-state index contributed by atoms with van der Waals surface area (Å²) in [6.45, 7) is 1.59. The zero-order valence-electron chi connectivity index (χ0n) is 41.9. The van der Waals surface area contributed by atoms with E-state index in [2.05, 4.69) is 0 Å². The Kier molecular flexibility index (Phi) is 19.9. The lowest BCUT2D eigenvalue weighted by Gasteiger charge is -2.47. The van der Waals surface area contributed by atoms with Gasteiger partial charge in [-0.05, 0) is 59.7 Å². The molecule has 0 N–H and O–H groups in total. The molecule has 8 rings (SSSR count). The molecule has 2 saturated heterocycles. The predicted molar refractivity (Wildman–Crippen MR) is 276 cm³/mol. The van der Waals surface area contributed by atoms with E-state index in [1.165, 1.54) is 21.0 Å². The minimum atomic E-state index is -1.59. The fourth-order valence-corrected chi connectivity index (χ4v) is 9.60. The number of hydrogen-bond donors (Lipinski definition) is 0. The van der Waals surface area contributed by atoms with E-state index in [-0.39, 0.29) is 23.3 Å². The van der Waals surface area contributed by atoms with E-state index < -0.39 is 111 Å². The van der Waals surface area contributed by atoms with Crippen LogP contribution >= 0.6 is 11.8 Å². The summed E-state index contributed by atoms with van der Waals surface area (Å²) >= 11 is 1.55. The van der Waals surface area contributed by atoms with Crippen LogP contribution in [0, 0.1) is 0 Å². The molecule has 6 aromatic carbocycles. The van der Waals surface area contributed by atoms with Gasteiger partial charge in [0, 0.05) is 31.6 Å². The lowest BCUT2D eigenvalue weighted by molar-refractivity contribution is -0.341. The summed E-state index contributed by atoms with van der Waals surface area (Å²) in [5.41, 5.74) is 2.04. The molecule has 0 radical (unpaired) electrons. The minimum Gasteiger partial charge on any atom is -0.463 e. The molecule has 0 aromatic heterocycles. The highest BCUT2D eigenvalue weighted by Crippen LogP contribution is 2.38. The summed E-state index contributed by atoms with van der Waals surface area (Å²) in [4.78, 5) is 68.7. The largest absolute Gasteiger partial charge is 0.463 e. The number of ether oxygens (including phenoxy) is 11. The monoisotopic (exact) mass is 1050 g/mol. The smallest absolute Gasteiger partial charge is 0.338 e. The van der Waals surface area contributed by atoms with Gasteiger partial charge in [-0.3, -0.25) is 9.59 Å². The molecule has 11 atom stereocenters. The molecule has 16 nitrogen and oxygen atoms in total. The molecule has 2 heterocycles. The lowest BCUT2D eigenvalue weighted by Crippen LogP contribution is -2.64. The molecule has 0 aliphatic carbocycles. The third kappa shape index (κ3) is 15.0. The number of rotatable bonds is 22. The number of benzene rings is 6. The van der Waals surface area contributed by atoms with E-state index in [0.29, 0.717) is 5.75 Å². The van der Waals surface area contributed by atoms with Gasteiger partial charge in [-0.2, -0.15) is 0 Å². The van der Waals surface area contributed by atoms with Crippen molar-refractivity contribution in [2.24, 2.45) is 0 Å². The number of carbonyl (C=O) groups is 5. The van der Waals surface area contributed by atoms with Gasteiger partial charge in [-0.25, -0.2) is 14.4 Å². The van der Waals surface area contributed by atoms with E-state index in [1.807, 2.05) is 91.0 Å². The van der Waals surface area contributed by atoms with Gasteiger partial charge in [0.15, 0.2) is 37.0 Å². The van der Waals surface area contributed by atoms with Crippen LogP contribution in [-0.4, -0.2) is 117 Å². The summed E-state index contributed by atoms with van der Waals surface area (Å²) in [6.07, 6.45) is -14.5. The van der Waals surface area contributed by atoms with E-state index >= 15 is 0 Å². The Morgan fingerprint density at radius 1 is 0.474 bits per heavy atom.